The summed E-state index contributed by atoms with van der Waals surface area (Å²) in [5, 5.41) is 3.68. The van der Waals surface area contributed by atoms with Crippen LogP contribution >= 0.6 is 11.3 Å². The zero-order valence-corrected chi connectivity index (χ0v) is 8.36. The molecule has 1 aromatic heterocycles. The fourth-order valence-electron chi connectivity index (χ4n) is 0.841. The molecule has 1 rings (SSSR count). The fraction of sp³-hybridized carbons (Fsp3) is 0.333. The highest BCUT2D eigenvalue weighted by Crippen LogP contribution is 2.10. The van der Waals surface area contributed by atoms with E-state index in [4.69, 9.17) is 0 Å². The molecule has 0 saturated carbocycles. The molecule has 0 aliphatic rings. The van der Waals surface area contributed by atoms with Gasteiger partial charge in [-0.2, -0.15) is 0 Å². The van der Waals surface area contributed by atoms with E-state index in [1.165, 1.54) is 11.3 Å². The van der Waals surface area contributed by atoms with E-state index in [0.717, 1.165) is 11.4 Å². The van der Waals surface area contributed by atoms with Gasteiger partial charge < -0.3 is 5.32 Å². The molecular formula is C9H12N2OS. The number of thiazole rings is 1. The summed E-state index contributed by atoms with van der Waals surface area (Å²) in [6.07, 6.45) is 4.17. The van der Waals surface area contributed by atoms with E-state index < -0.39 is 0 Å². The SMILES string of the molecule is C=CCCNC(=O)c1cnc(C)s1. The van der Waals surface area contributed by atoms with Gasteiger partial charge in [0.05, 0.1) is 11.2 Å². The van der Waals surface area contributed by atoms with E-state index in [1.807, 2.05) is 6.92 Å². The fourth-order valence-corrected chi connectivity index (χ4v) is 1.54. The first kappa shape index (κ1) is 9.92. The standard InChI is InChI=1S/C9H12N2OS/c1-3-4-5-10-9(12)8-6-11-7(2)13-8/h3,6H,1,4-5H2,2H3,(H,10,12). The predicted octanol–water partition coefficient (Wildman–Crippen LogP) is 1.76. The third kappa shape index (κ3) is 2.99. The zero-order chi connectivity index (χ0) is 9.68. The molecule has 0 spiro atoms. The summed E-state index contributed by atoms with van der Waals surface area (Å²) in [5.74, 6) is -0.0487. The number of hydrogen-bond acceptors (Lipinski definition) is 3. The lowest BCUT2D eigenvalue weighted by atomic mass is 10.4. The lowest BCUT2D eigenvalue weighted by molar-refractivity contribution is 0.0958. The van der Waals surface area contributed by atoms with Crippen molar-refractivity contribution in [3.05, 3.63) is 28.7 Å². The monoisotopic (exact) mass is 196 g/mol. The van der Waals surface area contributed by atoms with E-state index in [-0.39, 0.29) is 5.91 Å². The van der Waals surface area contributed by atoms with Gasteiger partial charge in [0.15, 0.2) is 0 Å². The van der Waals surface area contributed by atoms with Crippen LogP contribution in [0.15, 0.2) is 18.9 Å². The molecule has 1 N–H and O–H groups in total. The van der Waals surface area contributed by atoms with Gasteiger partial charge in [-0.25, -0.2) is 4.98 Å². The van der Waals surface area contributed by atoms with Crippen LogP contribution in [-0.4, -0.2) is 17.4 Å². The molecule has 0 aromatic carbocycles. The largest absolute Gasteiger partial charge is 0.351 e. The lowest BCUT2D eigenvalue weighted by Crippen LogP contribution is -2.23. The maximum Gasteiger partial charge on any atom is 0.263 e. The quantitative estimate of drug-likeness (QED) is 0.589. The summed E-state index contributed by atoms with van der Waals surface area (Å²) in [7, 11) is 0. The topological polar surface area (TPSA) is 42.0 Å². The van der Waals surface area contributed by atoms with E-state index in [9.17, 15) is 4.79 Å². The molecule has 0 saturated heterocycles. The second kappa shape index (κ2) is 4.77. The number of amides is 1. The molecule has 70 valence electrons. The molecule has 13 heavy (non-hydrogen) atoms. The molecule has 1 amide bonds. The van der Waals surface area contributed by atoms with Crippen molar-refractivity contribution in [2.45, 2.75) is 13.3 Å². The van der Waals surface area contributed by atoms with Crippen molar-refractivity contribution in [1.82, 2.24) is 10.3 Å². The van der Waals surface area contributed by atoms with Crippen molar-refractivity contribution in [3.63, 3.8) is 0 Å². The lowest BCUT2D eigenvalue weighted by Gasteiger charge is -1.98. The predicted molar refractivity (Wildman–Crippen MR) is 54.0 cm³/mol. The summed E-state index contributed by atoms with van der Waals surface area (Å²) < 4.78 is 0. The van der Waals surface area contributed by atoms with Crippen LogP contribution in [0.1, 0.15) is 21.1 Å². The van der Waals surface area contributed by atoms with Crippen molar-refractivity contribution in [2.24, 2.45) is 0 Å². The van der Waals surface area contributed by atoms with Gasteiger partial charge in [0.25, 0.3) is 5.91 Å². The van der Waals surface area contributed by atoms with Crippen LogP contribution in [-0.2, 0) is 0 Å². The van der Waals surface area contributed by atoms with Crippen LogP contribution in [0.2, 0.25) is 0 Å². The van der Waals surface area contributed by atoms with Gasteiger partial charge in [-0.3, -0.25) is 4.79 Å². The Balaban J connectivity index is 2.44. The molecule has 0 bridgehead atoms. The number of nitrogens with zero attached hydrogens (tertiary/aromatic N) is 1. The van der Waals surface area contributed by atoms with Crippen molar-refractivity contribution < 1.29 is 4.79 Å². The summed E-state index contributed by atoms with van der Waals surface area (Å²) >= 11 is 1.40. The molecule has 0 radical (unpaired) electrons. The zero-order valence-electron chi connectivity index (χ0n) is 7.54. The van der Waals surface area contributed by atoms with Crippen LogP contribution in [0.25, 0.3) is 0 Å². The highest BCUT2D eigenvalue weighted by Gasteiger charge is 2.06. The van der Waals surface area contributed by atoms with Crippen LogP contribution in [0.3, 0.4) is 0 Å². The van der Waals surface area contributed by atoms with E-state index in [1.54, 1.807) is 12.3 Å². The first-order chi connectivity index (χ1) is 6.24. The molecule has 0 aliphatic heterocycles. The number of rotatable bonds is 4. The molecule has 0 aliphatic carbocycles. The van der Waals surface area contributed by atoms with Gasteiger partial charge in [0.1, 0.15) is 4.88 Å². The Labute approximate surface area is 81.5 Å². The summed E-state index contributed by atoms with van der Waals surface area (Å²) in [6, 6.07) is 0. The highest BCUT2D eigenvalue weighted by molar-refractivity contribution is 7.13. The number of nitrogens with one attached hydrogen (secondary N) is 1. The minimum Gasteiger partial charge on any atom is -0.351 e. The Morgan fingerprint density at radius 1 is 1.85 bits per heavy atom. The van der Waals surface area contributed by atoms with Crippen LogP contribution in [0.4, 0.5) is 0 Å². The highest BCUT2D eigenvalue weighted by atomic mass is 32.1. The smallest absolute Gasteiger partial charge is 0.263 e. The van der Waals surface area contributed by atoms with E-state index in [0.29, 0.717) is 11.4 Å². The average molecular weight is 196 g/mol. The second-order valence-electron chi connectivity index (χ2n) is 2.58. The first-order valence-electron chi connectivity index (χ1n) is 4.05. The molecule has 1 heterocycles. The molecule has 0 fully saturated rings. The maximum atomic E-state index is 11.4. The number of carbonyl (C=O) groups is 1. The third-order valence-electron chi connectivity index (χ3n) is 1.48. The minimum absolute atomic E-state index is 0.0487. The molecular weight excluding hydrogens is 184 g/mol. The van der Waals surface area contributed by atoms with Gasteiger partial charge in [-0.05, 0) is 13.3 Å². The second-order valence-corrected chi connectivity index (χ2v) is 3.81. The minimum atomic E-state index is -0.0487. The van der Waals surface area contributed by atoms with Crippen molar-refractivity contribution in [3.8, 4) is 0 Å². The van der Waals surface area contributed by atoms with Crippen molar-refractivity contribution in [1.29, 1.82) is 0 Å². The molecule has 0 unspecified atom stereocenters. The Kier molecular flexibility index (Phi) is 3.64. The molecule has 1 aromatic rings. The third-order valence-corrected chi connectivity index (χ3v) is 2.39. The van der Waals surface area contributed by atoms with Crippen molar-refractivity contribution >= 4 is 17.2 Å². The normalized spacial score (nSPS) is 9.62. The van der Waals surface area contributed by atoms with Gasteiger partial charge in [-0.1, -0.05) is 6.08 Å². The maximum absolute atomic E-state index is 11.4. The van der Waals surface area contributed by atoms with Crippen LogP contribution in [0.5, 0.6) is 0 Å². The summed E-state index contributed by atoms with van der Waals surface area (Å²) in [5.41, 5.74) is 0. The van der Waals surface area contributed by atoms with Gasteiger partial charge >= 0.3 is 0 Å². The number of aromatic nitrogens is 1. The van der Waals surface area contributed by atoms with E-state index in [2.05, 4.69) is 16.9 Å². The Hall–Kier alpha value is -1.16. The molecule has 0 atom stereocenters. The van der Waals surface area contributed by atoms with Crippen LogP contribution < -0.4 is 5.32 Å². The van der Waals surface area contributed by atoms with E-state index >= 15 is 0 Å². The van der Waals surface area contributed by atoms with Gasteiger partial charge in [0, 0.05) is 6.54 Å². The summed E-state index contributed by atoms with van der Waals surface area (Å²) in [6.45, 7) is 6.09. The Bertz CT molecular complexity index is 306. The summed E-state index contributed by atoms with van der Waals surface area (Å²) in [4.78, 5) is 16.0. The first-order valence-corrected chi connectivity index (χ1v) is 4.87. The van der Waals surface area contributed by atoms with Gasteiger partial charge in [0.2, 0.25) is 0 Å². The Morgan fingerprint density at radius 3 is 3.15 bits per heavy atom. The number of hydrogen-bond donors (Lipinski definition) is 1. The molecule has 3 nitrogen and oxygen atoms in total. The van der Waals surface area contributed by atoms with Crippen LogP contribution in [0, 0.1) is 6.92 Å². The van der Waals surface area contributed by atoms with Crippen molar-refractivity contribution in [2.75, 3.05) is 6.54 Å². The average Bonchev–Trinajstić information content (AvgIpc) is 2.52. The Morgan fingerprint density at radius 2 is 2.62 bits per heavy atom. The number of carbonyl (C=O) groups excluding carboxylic acids is 1. The number of aryl methyl sites for hydroxylation is 1. The van der Waals surface area contributed by atoms with Gasteiger partial charge in [-0.15, -0.1) is 17.9 Å². The molecule has 4 heteroatoms.